The number of sulfonamides is 1. The van der Waals surface area contributed by atoms with Crippen LogP contribution in [0.4, 0.5) is 5.69 Å². The van der Waals surface area contributed by atoms with Crippen LogP contribution in [0.15, 0.2) is 83.8 Å². The zero-order chi connectivity index (χ0) is 30.0. The number of amides is 2. The van der Waals surface area contributed by atoms with E-state index in [2.05, 4.69) is 5.32 Å². The van der Waals surface area contributed by atoms with Gasteiger partial charge in [0, 0.05) is 18.1 Å². The summed E-state index contributed by atoms with van der Waals surface area (Å²) in [5, 5.41) is 3.32. The van der Waals surface area contributed by atoms with Crippen LogP contribution in [-0.4, -0.2) is 50.9 Å². The van der Waals surface area contributed by atoms with Crippen LogP contribution in [0.3, 0.4) is 0 Å². The Morgan fingerprint density at radius 3 is 2.12 bits per heavy atom. The van der Waals surface area contributed by atoms with Crippen molar-refractivity contribution in [2.24, 2.45) is 5.92 Å². The third-order valence-electron chi connectivity index (χ3n) is 6.38. The third kappa shape index (κ3) is 8.71. The molecule has 3 aromatic rings. The SMILES string of the molecule is CCOc1ccc(N(CC(=O)N(Cc2ccccc2)[C@@H](CC)C(=O)NCC(C)C)S(=O)(=O)c2ccc(Cl)cc2)cc1. The standard InChI is InChI=1S/C31H38ClN3O5S/c1-5-29(31(37)33-20-23(3)4)34(21-24-10-8-7-9-11-24)30(36)22-35(26-14-16-27(17-15-26)40-6-2)41(38,39)28-18-12-25(32)13-19-28/h7-19,23,29H,5-6,20-22H2,1-4H3,(H,33,37)/t29-/m0/s1. The Bertz CT molecular complexity index is 1380. The van der Waals surface area contributed by atoms with E-state index in [1.807, 2.05) is 58.0 Å². The predicted molar refractivity (Wildman–Crippen MR) is 163 cm³/mol. The maximum atomic E-state index is 14.1. The minimum atomic E-state index is -4.19. The Labute approximate surface area is 248 Å². The molecule has 220 valence electrons. The summed E-state index contributed by atoms with van der Waals surface area (Å²) in [7, 11) is -4.19. The van der Waals surface area contributed by atoms with E-state index in [9.17, 15) is 18.0 Å². The molecule has 0 aromatic heterocycles. The molecule has 0 saturated carbocycles. The van der Waals surface area contributed by atoms with Crippen LogP contribution in [-0.2, 0) is 26.2 Å². The monoisotopic (exact) mass is 599 g/mol. The highest BCUT2D eigenvalue weighted by atomic mass is 35.5. The van der Waals surface area contributed by atoms with E-state index in [1.54, 1.807) is 24.3 Å². The van der Waals surface area contributed by atoms with E-state index in [4.69, 9.17) is 16.3 Å². The fourth-order valence-corrected chi connectivity index (χ4v) is 5.80. The normalized spacial score (nSPS) is 12.0. The van der Waals surface area contributed by atoms with Crippen LogP contribution in [0.2, 0.25) is 5.02 Å². The van der Waals surface area contributed by atoms with E-state index >= 15 is 0 Å². The summed E-state index contributed by atoms with van der Waals surface area (Å²) in [6.07, 6.45) is 0.357. The van der Waals surface area contributed by atoms with Gasteiger partial charge in [0.1, 0.15) is 18.3 Å². The molecule has 3 rings (SSSR count). The van der Waals surface area contributed by atoms with Crippen molar-refractivity contribution in [1.29, 1.82) is 0 Å². The number of carbonyl (C=O) groups excluding carboxylic acids is 2. The van der Waals surface area contributed by atoms with Crippen LogP contribution >= 0.6 is 11.6 Å². The quantitative estimate of drug-likeness (QED) is 0.263. The van der Waals surface area contributed by atoms with E-state index in [0.29, 0.717) is 30.3 Å². The first kappa shape index (κ1) is 32.0. The molecular weight excluding hydrogens is 562 g/mol. The zero-order valence-electron chi connectivity index (χ0n) is 23.9. The Kier molecular flexibility index (Phi) is 11.6. The van der Waals surface area contributed by atoms with Crippen molar-refractivity contribution in [3.63, 3.8) is 0 Å². The summed E-state index contributed by atoms with van der Waals surface area (Å²) < 4.78 is 34.4. The van der Waals surface area contributed by atoms with Gasteiger partial charge >= 0.3 is 0 Å². The maximum absolute atomic E-state index is 14.1. The lowest BCUT2D eigenvalue weighted by Crippen LogP contribution is -2.52. The minimum Gasteiger partial charge on any atom is -0.494 e. The number of anilines is 1. The third-order valence-corrected chi connectivity index (χ3v) is 8.42. The summed E-state index contributed by atoms with van der Waals surface area (Å²) in [4.78, 5) is 28.8. The van der Waals surface area contributed by atoms with Gasteiger partial charge in [0.2, 0.25) is 11.8 Å². The van der Waals surface area contributed by atoms with E-state index in [-0.39, 0.29) is 29.0 Å². The molecule has 41 heavy (non-hydrogen) atoms. The van der Waals surface area contributed by atoms with Gasteiger partial charge in [-0.1, -0.05) is 62.7 Å². The largest absolute Gasteiger partial charge is 0.494 e. The van der Waals surface area contributed by atoms with Crippen LogP contribution in [0.5, 0.6) is 5.75 Å². The van der Waals surface area contributed by atoms with Crippen molar-refractivity contribution in [2.45, 2.75) is 51.6 Å². The van der Waals surface area contributed by atoms with Crippen LogP contribution in [0.25, 0.3) is 0 Å². The first-order valence-corrected chi connectivity index (χ1v) is 15.5. The van der Waals surface area contributed by atoms with Gasteiger partial charge in [0.05, 0.1) is 17.2 Å². The average Bonchev–Trinajstić information content (AvgIpc) is 2.96. The van der Waals surface area contributed by atoms with Crippen molar-refractivity contribution in [3.8, 4) is 5.75 Å². The molecule has 0 bridgehead atoms. The van der Waals surface area contributed by atoms with Crippen molar-refractivity contribution >= 4 is 39.1 Å². The molecule has 0 aliphatic rings. The summed E-state index contributed by atoms with van der Waals surface area (Å²) in [6.45, 7) is 8.22. The molecule has 0 unspecified atom stereocenters. The predicted octanol–water partition coefficient (Wildman–Crippen LogP) is 5.51. The number of carbonyl (C=O) groups is 2. The van der Waals surface area contributed by atoms with Gasteiger partial charge in [0.25, 0.3) is 10.0 Å². The molecule has 1 atom stereocenters. The number of benzene rings is 3. The van der Waals surface area contributed by atoms with Gasteiger partial charge in [-0.25, -0.2) is 8.42 Å². The molecule has 0 spiro atoms. The summed E-state index contributed by atoms with van der Waals surface area (Å²) in [5.41, 5.74) is 1.11. The molecule has 1 N–H and O–H groups in total. The maximum Gasteiger partial charge on any atom is 0.264 e. The lowest BCUT2D eigenvalue weighted by Gasteiger charge is -2.33. The smallest absolute Gasteiger partial charge is 0.264 e. The number of halogens is 1. The first-order chi connectivity index (χ1) is 19.6. The average molecular weight is 600 g/mol. The number of ether oxygens (including phenoxy) is 1. The summed E-state index contributed by atoms with van der Waals surface area (Å²) in [6, 6.07) is 20.8. The van der Waals surface area contributed by atoms with Gasteiger partial charge in [-0.3, -0.25) is 13.9 Å². The van der Waals surface area contributed by atoms with Gasteiger partial charge in [-0.15, -0.1) is 0 Å². The number of rotatable bonds is 14. The molecule has 3 aromatic carbocycles. The molecule has 8 nitrogen and oxygen atoms in total. The molecule has 0 saturated heterocycles. The van der Waals surface area contributed by atoms with Crippen molar-refractivity contribution in [3.05, 3.63) is 89.4 Å². The van der Waals surface area contributed by atoms with Gasteiger partial charge in [0.15, 0.2) is 0 Å². The summed E-state index contributed by atoms with van der Waals surface area (Å²) >= 11 is 6.01. The van der Waals surface area contributed by atoms with Gasteiger partial charge in [-0.2, -0.15) is 0 Å². The molecule has 0 heterocycles. The Morgan fingerprint density at radius 2 is 1.56 bits per heavy atom. The highest BCUT2D eigenvalue weighted by Crippen LogP contribution is 2.27. The van der Waals surface area contributed by atoms with E-state index in [0.717, 1.165) is 9.87 Å². The molecular formula is C31H38ClN3O5S. The molecule has 10 heteroatoms. The molecule has 0 radical (unpaired) electrons. The Balaban J connectivity index is 2.03. The second-order valence-corrected chi connectivity index (χ2v) is 12.3. The molecule has 0 aliphatic carbocycles. The van der Waals surface area contributed by atoms with Crippen molar-refractivity contribution in [2.75, 3.05) is 24.0 Å². The highest BCUT2D eigenvalue weighted by molar-refractivity contribution is 7.92. The molecule has 2 amide bonds. The molecule has 0 fully saturated rings. The van der Waals surface area contributed by atoms with Gasteiger partial charge in [-0.05, 0) is 73.4 Å². The van der Waals surface area contributed by atoms with Crippen LogP contribution in [0.1, 0.15) is 39.7 Å². The van der Waals surface area contributed by atoms with E-state index in [1.165, 1.54) is 29.2 Å². The number of nitrogens with one attached hydrogen (secondary N) is 1. The van der Waals surface area contributed by atoms with Crippen LogP contribution < -0.4 is 14.4 Å². The van der Waals surface area contributed by atoms with Crippen molar-refractivity contribution < 1.29 is 22.7 Å². The fourth-order valence-electron chi connectivity index (χ4n) is 4.26. The minimum absolute atomic E-state index is 0.0140. The lowest BCUT2D eigenvalue weighted by molar-refractivity contribution is -0.140. The van der Waals surface area contributed by atoms with Gasteiger partial charge < -0.3 is 15.0 Å². The Hall–Kier alpha value is -3.56. The van der Waals surface area contributed by atoms with E-state index < -0.39 is 28.5 Å². The fraction of sp³-hybridized carbons (Fsp3) is 0.355. The second-order valence-electron chi connectivity index (χ2n) is 9.96. The zero-order valence-corrected chi connectivity index (χ0v) is 25.5. The first-order valence-electron chi connectivity index (χ1n) is 13.7. The second kappa shape index (κ2) is 14.9. The van der Waals surface area contributed by atoms with Crippen LogP contribution in [0, 0.1) is 5.92 Å². The lowest BCUT2D eigenvalue weighted by atomic mass is 10.1. The number of hydrogen-bond acceptors (Lipinski definition) is 5. The number of nitrogens with zero attached hydrogens (tertiary/aromatic N) is 2. The topological polar surface area (TPSA) is 96.0 Å². The molecule has 0 aliphatic heterocycles. The van der Waals surface area contributed by atoms with Crippen molar-refractivity contribution in [1.82, 2.24) is 10.2 Å². The Morgan fingerprint density at radius 1 is 0.927 bits per heavy atom. The summed E-state index contributed by atoms with van der Waals surface area (Å²) in [5.74, 6) is 0.0184. The highest BCUT2D eigenvalue weighted by Gasteiger charge is 2.33. The number of hydrogen-bond donors (Lipinski definition) is 1.